The van der Waals surface area contributed by atoms with E-state index in [9.17, 15) is 31.9 Å². The van der Waals surface area contributed by atoms with Crippen LogP contribution < -0.4 is 15.4 Å². The Morgan fingerprint density at radius 3 is 2.61 bits per heavy atom. The number of anilines is 1. The Labute approximate surface area is 202 Å². The number of fused-ring (bicyclic) bond motifs is 1. The van der Waals surface area contributed by atoms with E-state index in [1.807, 2.05) is 0 Å². The van der Waals surface area contributed by atoms with Gasteiger partial charge in [0.1, 0.15) is 18.2 Å². The van der Waals surface area contributed by atoms with E-state index in [0.29, 0.717) is 16.6 Å². The number of hydrogen-bond acceptors (Lipinski definition) is 5. The van der Waals surface area contributed by atoms with Crippen LogP contribution >= 0.6 is 0 Å². The number of nitrogens with zero attached hydrogens (tertiary/aromatic N) is 2. The lowest BCUT2D eigenvalue weighted by Crippen LogP contribution is -2.45. The third-order valence-corrected chi connectivity index (χ3v) is 5.69. The Balaban J connectivity index is 1.49. The van der Waals surface area contributed by atoms with Gasteiger partial charge in [0.15, 0.2) is 17.3 Å². The number of pyridine rings is 1. The maximum atomic E-state index is 14.5. The summed E-state index contributed by atoms with van der Waals surface area (Å²) in [5.41, 5.74) is 0.308. The molecule has 1 aromatic carbocycles. The van der Waals surface area contributed by atoms with Crippen LogP contribution in [-0.2, 0) is 16.1 Å². The summed E-state index contributed by atoms with van der Waals surface area (Å²) in [6.45, 7) is 1.16. The number of hydrogen-bond donors (Lipinski definition) is 2. The van der Waals surface area contributed by atoms with Gasteiger partial charge in [0.25, 0.3) is 0 Å². The van der Waals surface area contributed by atoms with Gasteiger partial charge in [-0.25, -0.2) is 9.37 Å². The molecule has 1 aliphatic carbocycles. The molecule has 0 unspecified atom stereocenters. The maximum Gasteiger partial charge on any atom is 0.573 e. The molecule has 3 aromatic rings. The summed E-state index contributed by atoms with van der Waals surface area (Å²) >= 11 is 0. The number of aromatic nitrogens is 2. The molecule has 0 bridgehead atoms. The van der Waals surface area contributed by atoms with Crippen LogP contribution in [0.4, 0.5) is 23.2 Å². The molecular formula is C24H22F4N4O4. The highest BCUT2D eigenvalue weighted by Gasteiger charge is 2.34. The summed E-state index contributed by atoms with van der Waals surface area (Å²) in [6, 6.07) is 5.30. The number of alkyl halides is 3. The lowest BCUT2D eigenvalue weighted by Gasteiger charge is -2.19. The highest BCUT2D eigenvalue weighted by molar-refractivity contribution is 6.06. The molecule has 8 nitrogen and oxygen atoms in total. The second kappa shape index (κ2) is 9.96. The fourth-order valence-corrected chi connectivity index (χ4v) is 3.87. The molecule has 2 amide bonds. The van der Waals surface area contributed by atoms with E-state index in [1.54, 1.807) is 12.1 Å². The molecule has 0 spiro atoms. The monoisotopic (exact) mass is 506 g/mol. The highest BCUT2D eigenvalue weighted by Crippen LogP contribution is 2.34. The van der Waals surface area contributed by atoms with E-state index >= 15 is 0 Å². The van der Waals surface area contributed by atoms with E-state index in [0.717, 1.165) is 31.0 Å². The van der Waals surface area contributed by atoms with E-state index in [-0.39, 0.29) is 24.7 Å². The number of amides is 2. The molecule has 1 aliphatic rings. The SMILES string of the molecule is CC(=O)c1cn(CC(=O)N[C@@H](CC2CC2)C(=O)Nc2cccc(OC(F)(F)F)c2F)c2ncccc12. The van der Waals surface area contributed by atoms with Crippen LogP contribution in [-0.4, -0.2) is 39.6 Å². The third kappa shape index (κ3) is 5.99. The number of Topliss-reactive ketones (excluding diaryl/α,β-unsaturated/α-hetero) is 1. The largest absolute Gasteiger partial charge is 0.573 e. The Kier molecular flexibility index (Phi) is 6.95. The van der Waals surface area contributed by atoms with Crippen LogP contribution in [0.1, 0.15) is 36.5 Å². The molecule has 190 valence electrons. The van der Waals surface area contributed by atoms with Crippen LogP contribution in [0.5, 0.6) is 5.75 Å². The van der Waals surface area contributed by atoms with Crippen molar-refractivity contribution in [3.8, 4) is 5.75 Å². The average Bonchev–Trinajstić information content (AvgIpc) is 3.54. The van der Waals surface area contributed by atoms with Gasteiger partial charge >= 0.3 is 6.36 Å². The number of rotatable bonds is 9. The van der Waals surface area contributed by atoms with E-state index < -0.39 is 41.5 Å². The number of benzene rings is 1. The maximum absolute atomic E-state index is 14.5. The molecule has 0 saturated heterocycles. The minimum atomic E-state index is -5.11. The molecule has 12 heteroatoms. The number of ketones is 1. The van der Waals surface area contributed by atoms with Gasteiger partial charge in [-0.15, -0.1) is 13.2 Å². The molecule has 1 fully saturated rings. The molecule has 0 aliphatic heterocycles. The van der Waals surface area contributed by atoms with Crippen LogP contribution in [0.3, 0.4) is 0 Å². The summed E-state index contributed by atoms with van der Waals surface area (Å²) in [7, 11) is 0. The normalized spacial score (nSPS) is 14.4. The van der Waals surface area contributed by atoms with Gasteiger partial charge in [0, 0.05) is 23.3 Å². The lowest BCUT2D eigenvalue weighted by atomic mass is 10.1. The van der Waals surface area contributed by atoms with Crippen molar-refractivity contribution in [2.24, 2.45) is 5.92 Å². The van der Waals surface area contributed by atoms with Crippen molar-refractivity contribution >= 4 is 34.3 Å². The number of ether oxygens (including phenoxy) is 1. The highest BCUT2D eigenvalue weighted by atomic mass is 19.4. The van der Waals surface area contributed by atoms with Crippen molar-refractivity contribution in [2.45, 2.75) is 45.1 Å². The predicted octanol–water partition coefficient (Wildman–Crippen LogP) is 4.20. The van der Waals surface area contributed by atoms with Crippen molar-refractivity contribution in [2.75, 3.05) is 5.32 Å². The fourth-order valence-electron chi connectivity index (χ4n) is 3.87. The quantitative estimate of drug-likeness (QED) is 0.335. The lowest BCUT2D eigenvalue weighted by molar-refractivity contribution is -0.275. The third-order valence-electron chi connectivity index (χ3n) is 5.69. The smallest absolute Gasteiger partial charge is 0.403 e. The van der Waals surface area contributed by atoms with Gasteiger partial charge in [0.05, 0.1) is 5.69 Å². The van der Waals surface area contributed by atoms with Crippen LogP contribution in [0.2, 0.25) is 0 Å². The standard InChI is InChI=1S/C24H22F4N4O4/c1-13(33)16-11-32(22-15(16)4-3-9-29-22)12-20(34)30-18(10-14-7-8-14)23(35)31-17-5-2-6-19(21(17)25)36-24(26,27)28/h2-6,9,11,14,18H,7-8,10,12H2,1H3,(H,30,34)(H,31,35)/t18-/m0/s1. The van der Waals surface area contributed by atoms with E-state index in [2.05, 4.69) is 20.4 Å². The summed E-state index contributed by atoms with van der Waals surface area (Å²) < 4.78 is 57.2. The first-order valence-corrected chi connectivity index (χ1v) is 11.1. The molecule has 1 saturated carbocycles. The van der Waals surface area contributed by atoms with Crippen molar-refractivity contribution in [1.29, 1.82) is 0 Å². The summed E-state index contributed by atoms with van der Waals surface area (Å²) in [4.78, 5) is 41.9. The predicted molar refractivity (Wildman–Crippen MR) is 121 cm³/mol. The number of carbonyl (C=O) groups is 3. The Morgan fingerprint density at radius 2 is 1.94 bits per heavy atom. The zero-order valence-electron chi connectivity index (χ0n) is 19.1. The molecule has 2 N–H and O–H groups in total. The van der Waals surface area contributed by atoms with Crippen molar-refractivity contribution in [3.05, 3.63) is 54.1 Å². The molecule has 0 radical (unpaired) electrons. The van der Waals surface area contributed by atoms with E-state index in [4.69, 9.17) is 0 Å². The summed E-state index contributed by atoms with van der Waals surface area (Å²) in [5, 5.41) is 5.45. The number of nitrogens with one attached hydrogen (secondary N) is 2. The van der Waals surface area contributed by atoms with Crippen molar-refractivity contribution in [1.82, 2.24) is 14.9 Å². The molecule has 2 aromatic heterocycles. The number of carbonyl (C=O) groups excluding carboxylic acids is 3. The first-order chi connectivity index (χ1) is 17.0. The van der Waals surface area contributed by atoms with Crippen LogP contribution in [0.25, 0.3) is 11.0 Å². The van der Waals surface area contributed by atoms with Gasteiger partial charge in [0.2, 0.25) is 11.8 Å². The fraction of sp³-hybridized carbons (Fsp3) is 0.333. The minimum absolute atomic E-state index is 0.184. The molecule has 1 atom stereocenters. The summed E-state index contributed by atoms with van der Waals surface area (Å²) in [5.74, 6) is -3.82. The zero-order valence-corrected chi connectivity index (χ0v) is 19.1. The second-order valence-electron chi connectivity index (χ2n) is 8.56. The van der Waals surface area contributed by atoms with E-state index in [1.165, 1.54) is 23.9 Å². The first-order valence-electron chi connectivity index (χ1n) is 11.1. The minimum Gasteiger partial charge on any atom is -0.403 e. The molecule has 36 heavy (non-hydrogen) atoms. The van der Waals surface area contributed by atoms with Crippen molar-refractivity contribution < 1.29 is 36.7 Å². The van der Waals surface area contributed by atoms with Gasteiger partial charge in [-0.1, -0.05) is 18.9 Å². The van der Waals surface area contributed by atoms with Crippen molar-refractivity contribution in [3.63, 3.8) is 0 Å². The van der Waals surface area contributed by atoms with Crippen LogP contribution in [0, 0.1) is 11.7 Å². The van der Waals surface area contributed by atoms with Gasteiger partial charge in [-0.2, -0.15) is 0 Å². The Hall–Kier alpha value is -3.96. The summed E-state index contributed by atoms with van der Waals surface area (Å²) in [6.07, 6.45) is -0.0760. The Morgan fingerprint density at radius 1 is 1.19 bits per heavy atom. The molecular weight excluding hydrogens is 484 g/mol. The number of halogens is 4. The first kappa shape index (κ1) is 25.1. The van der Waals surface area contributed by atoms with Gasteiger partial charge in [-0.05, 0) is 43.5 Å². The second-order valence-corrected chi connectivity index (χ2v) is 8.56. The topological polar surface area (TPSA) is 102 Å². The van der Waals surface area contributed by atoms with Gasteiger partial charge < -0.3 is 19.9 Å². The molecule has 4 rings (SSSR count). The molecule has 2 heterocycles. The van der Waals surface area contributed by atoms with Gasteiger partial charge in [-0.3, -0.25) is 14.4 Å². The Bertz CT molecular complexity index is 1320. The van der Waals surface area contributed by atoms with Crippen LogP contribution in [0.15, 0.2) is 42.7 Å². The zero-order chi connectivity index (χ0) is 26.0. The average molecular weight is 506 g/mol.